The van der Waals surface area contributed by atoms with E-state index in [4.69, 9.17) is 0 Å². The van der Waals surface area contributed by atoms with E-state index in [0.717, 1.165) is 0 Å². The number of carbonyl (C=O) groups excluding carboxylic acids is 1. The summed E-state index contributed by atoms with van der Waals surface area (Å²) in [5.41, 5.74) is 0. The van der Waals surface area contributed by atoms with Gasteiger partial charge in [-0.2, -0.15) is 22.6 Å². The maximum atomic E-state index is 11.6. The molecule has 1 aromatic rings. The van der Waals surface area contributed by atoms with Gasteiger partial charge in [-0.15, -0.1) is 0 Å². The number of nitrogens with zero attached hydrogens (tertiary/aromatic N) is 4. The molecule has 1 aromatic heterocycles. The zero-order valence-corrected chi connectivity index (χ0v) is 9.53. The zero-order valence-electron chi connectivity index (χ0n) is 8.64. The molecule has 5 nitrogen and oxygen atoms in total. The first-order chi connectivity index (χ1) is 7.06. The van der Waals surface area contributed by atoms with Crippen LogP contribution in [0.4, 0.5) is 5.95 Å². The quantitative estimate of drug-likeness (QED) is 0.707. The first-order valence-electron chi connectivity index (χ1n) is 4.74. The molecule has 0 spiro atoms. The van der Waals surface area contributed by atoms with Crippen LogP contribution in [0.5, 0.6) is 0 Å². The van der Waals surface area contributed by atoms with Crippen LogP contribution in [0.3, 0.4) is 0 Å². The average molecular weight is 224 g/mol. The number of hydrogen-bond donors (Lipinski definition) is 1. The summed E-state index contributed by atoms with van der Waals surface area (Å²) < 4.78 is 0. The van der Waals surface area contributed by atoms with Gasteiger partial charge in [0, 0.05) is 18.2 Å². The zero-order chi connectivity index (χ0) is 11.0. The Bertz CT molecular complexity index is 389. The highest BCUT2D eigenvalue weighted by atomic mass is 32.1. The van der Waals surface area contributed by atoms with Crippen LogP contribution in [0.2, 0.25) is 0 Å². The van der Waals surface area contributed by atoms with E-state index in [0.29, 0.717) is 30.6 Å². The maximum Gasteiger partial charge on any atom is 0.235 e. The van der Waals surface area contributed by atoms with E-state index in [1.54, 1.807) is 18.7 Å². The smallest absolute Gasteiger partial charge is 0.235 e. The van der Waals surface area contributed by atoms with Crippen molar-refractivity contribution in [2.45, 2.75) is 25.5 Å². The van der Waals surface area contributed by atoms with Crippen molar-refractivity contribution in [2.24, 2.45) is 0 Å². The fourth-order valence-electron chi connectivity index (χ4n) is 1.60. The SMILES string of the molecule is Cc1nc(C)nc(N2CC(S)CC2=O)n1. The van der Waals surface area contributed by atoms with Gasteiger partial charge in [-0.25, -0.2) is 4.98 Å². The molecule has 0 aromatic carbocycles. The molecule has 1 aliphatic rings. The third kappa shape index (κ3) is 2.09. The number of aromatic nitrogens is 3. The van der Waals surface area contributed by atoms with Crippen LogP contribution < -0.4 is 4.90 Å². The second kappa shape index (κ2) is 3.77. The minimum Gasteiger partial charge on any atom is -0.279 e. The van der Waals surface area contributed by atoms with E-state index < -0.39 is 0 Å². The normalized spacial score (nSPS) is 21.1. The minimum absolute atomic E-state index is 0.0278. The van der Waals surface area contributed by atoms with Gasteiger partial charge in [-0.1, -0.05) is 0 Å². The number of thiol groups is 1. The Labute approximate surface area is 93.4 Å². The second-order valence-corrected chi connectivity index (χ2v) is 4.32. The Kier molecular flexibility index (Phi) is 2.60. The van der Waals surface area contributed by atoms with Crippen molar-refractivity contribution < 1.29 is 4.79 Å². The van der Waals surface area contributed by atoms with Gasteiger partial charge in [0.15, 0.2) is 0 Å². The highest BCUT2D eigenvalue weighted by molar-refractivity contribution is 7.81. The number of carbonyl (C=O) groups is 1. The third-order valence-corrected chi connectivity index (χ3v) is 2.54. The summed E-state index contributed by atoms with van der Waals surface area (Å²) in [6.07, 6.45) is 0.451. The Hall–Kier alpha value is -1.17. The summed E-state index contributed by atoms with van der Waals surface area (Å²) in [5, 5.41) is 0.0786. The molecule has 80 valence electrons. The van der Waals surface area contributed by atoms with Crippen molar-refractivity contribution in [1.82, 2.24) is 15.0 Å². The Morgan fingerprint density at radius 2 is 1.87 bits per heavy atom. The van der Waals surface area contributed by atoms with Gasteiger partial charge in [-0.3, -0.25) is 9.69 Å². The number of hydrogen-bond acceptors (Lipinski definition) is 5. The van der Waals surface area contributed by atoms with Gasteiger partial charge in [0.25, 0.3) is 0 Å². The molecule has 0 radical (unpaired) electrons. The van der Waals surface area contributed by atoms with Gasteiger partial charge >= 0.3 is 0 Å². The fraction of sp³-hybridized carbons (Fsp3) is 0.556. The predicted molar refractivity (Wildman–Crippen MR) is 59.0 cm³/mol. The van der Waals surface area contributed by atoms with Crippen molar-refractivity contribution in [3.63, 3.8) is 0 Å². The van der Waals surface area contributed by atoms with Crippen LogP contribution >= 0.6 is 12.6 Å². The molecular weight excluding hydrogens is 212 g/mol. The molecule has 1 unspecified atom stereocenters. The van der Waals surface area contributed by atoms with E-state index in [-0.39, 0.29) is 11.2 Å². The van der Waals surface area contributed by atoms with Crippen molar-refractivity contribution >= 4 is 24.5 Å². The first-order valence-corrected chi connectivity index (χ1v) is 5.25. The maximum absolute atomic E-state index is 11.6. The van der Waals surface area contributed by atoms with Gasteiger partial charge in [-0.05, 0) is 13.8 Å². The van der Waals surface area contributed by atoms with Crippen molar-refractivity contribution in [3.05, 3.63) is 11.6 Å². The Balaban J connectivity index is 2.33. The van der Waals surface area contributed by atoms with Crippen molar-refractivity contribution in [1.29, 1.82) is 0 Å². The lowest BCUT2D eigenvalue weighted by Crippen LogP contribution is -2.27. The van der Waals surface area contributed by atoms with E-state index in [9.17, 15) is 4.79 Å². The lowest BCUT2D eigenvalue weighted by molar-refractivity contribution is -0.117. The van der Waals surface area contributed by atoms with Crippen LogP contribution in [0.1, 0.15) is 18.1 Å². The number of amides is 1. The first kappa shape index (κ1) is 10.4. The van der Waals surface area contributed by atoms with E-state index in [1.165, 1.54) is 0 Å². The van der Waals surface area contributed by atoms with Gasteiger partial charge in [0.05, 0.1) is 0 Å². The third-order valence-electron chi connectivity index (χ3n) is 2.19. The average Bonchev–Trinajstić information content (AvgIpc) is 2.43. The number of anilines is 1. The summed E-state index contributed by atoms with van der Waals surface area (Å²) in [6, 6.07) is 0. The highest BCUT2D eigenvalue weighted by Crippen LogP contribution is 2.20. The molecule has 1 saturated heterocycles. The molecule has 1 atom stereocenters. The standard InChI is InChI=1S/C9H12N4OS/c1-5-10-6(2)12-9(11-5)13-4-7(15)3-8(13)14/h7,15H,3-4H2,1-2H3. The van der Waals surface area contributed by atoms with Gasteiger partial charge in [0.1, 0.15) is 11.6 Å². The van der Waals surface area contributed by atoms with E-state index in [1.807, 2.05) is 0 Å². The van der Waals surface area contributed by atoms with Crippen LogP contribution in [-0.2, 0) is 4.79 Å². The van der Waals surface area contributed by atoms with Crippen LogP contribution in [0.25, 0.3) is 0 Å². The molecule has 0 saturated carbocycles. The minimum atomic E-state index is 0.0278. The lowest BCUT2D eigenvalue weighted by atomic mass is 10.4. The molecule has 0 N–H and O–H groups in total. The molecule has 1 amide bonds. The molecule has 15 heavy (non-hydrogen) atoms. The topological polar surface area (TPSA) is 59.0 Å². The molecule has 0 bridgehead atoms. The molecule has 1 fully saturated rings. The van der Waals surface area contributed by atoms with Crippen LogP contribution in [0.15, 0.2) is 0 Å². The summed E-state index contributed by atoms with van der Waals surface area (Å²) in [7, 11) is 0. The van der Waals surface area contributed by atoms with Gasteiger partial charge in [0.2, 0.25) is 11.9 Å². The largest absolute Gasteiger partial charge is 0.279 e. The summed E-state index contributed by atoms with van der Waals surface area (Å²) >= 11 is 4.28. The van der Waals surface area contributed by atoms with Crippen LogP contribution in [-0.4, -0.2) is 32.7 Å². The molecule has 2 heterocycles. The van der Waals surface area contributed by atoms with Crippen molar-refractivity contribution in [3.8, 4) is 0 Å². The highest BCUT2D eigenvalue weighted by Gasteiger charge is 2.30. The van der Waals surface area contributed by atoms with Crippen molar-refractivity contribution in [2.75, 3.05) is 11.4 Å². The lowest BCUT2D eigenvalue weighted by Gasteiger charge is -2.13. The Morgan fingerprint density at radius 1 is 1.27 bits per heavy atom. The number of aryl methyl sites for hydroxylation is 2. The molecule has 0 aliphatic carbocycles. The fourth-order valence-corrected chi connectivity index (χ4v) is 1.92. The molecule has 2 rings (SSSR count). The van der Waals surface area contributed by atoms with E-state index in [2.05, 4.69) is 27.6 Å². The number of rotatable bonds is 1. The summed E-state index contributed by atoms with van der Waals surface area (Å²) in [6.45, 7) is 4.15. The van der Waals surface area contributed by atoms with Gasteiger partial charge < -0.3 is 0 Å². The molecule has 1 aliphatic heterocycles. The Morgan fingerprint density at radius 3 is 2.33 bits per heavy atom. The predicted octanol–water partition coefficient (Wildman–Crippen LogP) is 0.524. The van der Waals surface area contributed by atoms with Crippen LogP contribution in [0, 0.1) is 13.8 Å². The summed E-state index contributed by atoms with van der Waals surface area (Å²) in [4.78, 5) is 25.5. The molecule has 6 heteroatoms. The monoisotopic (exact) mass is 224 g/mol. The molecular formula is C9H12N4OS. The second-order valence-electron chi connectivity index (χ2n) is 3.59. The summed E-state index contributed by atoms with van der Waals surface area (Å²) in [5.74, 6) is 1.74. The van der Waals surface area contributed by atoms with E-state index >= 15 is 0 Å².